The molecule has 3 rings (SSSR count). The molecule has 1 aliphatic rings. The van der Waals surface area contributed by atoms with Crippen molar-refractivity contribution in [2.24, 2.45) is 9.98 Å². The molecule has 6 heteroatoms. The van der Waals surface area contributed by atoms with E-state index in [1.165, 1.54) is 12.8 Å². The Hall–Kier alpha value is -0.983. The maximum absolute atomic E-state index is 4.73. The first-order valence-corrected chi connectivity index (χ1v) is 7.80. The van der Waals surface area contributed by atoms with Gasteiger partial charge in [-0.3, -0.25) is 20.0 Å². The van der Waals surface area contributed by atoms with E-state index in [0.29, 0.717) is 0 Å². The number of hydrogen-bond donors (Lipinski definition) is 0. The number of pyridine rings is 2. The van der Waals surface area contributed by atoms with Crippen LogP contribution >= 0.6 is 0 Å². The number of aromatic nitrogens is 2. The fourth-order valence-corrected chi connectivity index (χ4v) is 2.69. The molecule has 0 N–H and O–H groups in total. The monoisotopic (exact) mass is 742 g/mol. The number of rotatable bonds is 4. The van der Waals surface area contributed by atoms with Gasteiger partial charge in [-0.05, 0) is 37.1 Å². The van der Waals surface area contributed by atoms with Crippen LogP contribution in [0, 0.1) is 29.7 Å². The van der Waals surface area contributed by atoms with Crippen LogP contribution in [0.4, 0.5) is 0 Å². The van der Waals surface area contributed by atoms with E-state index in [1.807, 2.05) is 48.8 Å². The van der Waals surface area contributed by atoms with Gasteiger partial charge in [-0.15, -0.1) is 0 Å². The zero-order valence-electron chi connectivity index (χ0n) is 17.2. The molecule has 0 bridgehead atoms. The molecule has 1 fully saturated rings. The van der Waals surface area contributed by atoms with Gasteiger partial charge in [-0.25, -0.2) is 0 Å². The van der Waals surface area contributed by atoms with Gasteiger partial charge in [-0.1, -0.05) is 25.0 Å². The van der Waals surface area contributed by atoms with Gasteiger partial charge in [0.25, 0.3) is 0 Å². The summed E-state index contributed by atoms with van der Waals surface area (Å²) < 4.78 is 0. The smallest absolute Gasteiger partial charge is 0.358 e. The zero-order chi connectivity index (χ0) is 15.0. The summed E-state index contributed by atoms with van der Waals surface area (Å²) in [6.07, 6.45) is 12.0. The molecule has 2 aromatic heterocycles. The number of aliphatic imine (C=N–C) groups is 2. The first kappa shape index (κ1) is 34.5. The molecule has 2 atom stereocenters. The number of hydrogen-bond acceptors (Lipinski definition) is 4. The van der Waals surface area contributed by atoms with Crippen LogP contribution in [0.1, 0.15) is 37.1 Å². The molecule has 0 radical (unpaired) electrons. The van der Waals surface area contributed by atoms with Crippen molar-refractivity contribution in [3.8, 4) is 0 Å². The topological polar surface area (TPSA) is 50.5 Å². The van der Waals surface area contributed by atoms with Crippen LogP contribution in [-0.2, 0) is 42.1 Å². The first-order valence-electron chi connectivity index (χ1n) is 7.80. The summed E-state index contributed by atoms with van der Waals surface area (Å²) in [4.78, 5) is 18.0. The molecule has 1 saturated carbocycles. The summed E-state index contributed by atoms with van der Waals surface area (Å²) in [6.45, 7) is 0. The third-order valence-corrected chi connectivity index (χ3v) is 3.87. The molecule has 1 aliphatic carbocycles. The summed E-state index contributed by atoms with van der Waals surface area (Å²) in [6, 6.07) is 12.2. The van der Waals surface area contributed by atoms with E-state index in [9.17, 15) is 0 Å². The SMILES string of the molecule is C(=NC1CCCCC1N=Cc1ccccn1)c1ccccn1.[CH3-].[CH3-].[CH3-].[CH3-].[Pt+2].[Pt+2]. The molecular formula is C22H32N4Pt2. The molecule has 2 unspecified atom stereocenters. The minimum Gasteiger partial charge on any atom is -0.358 e. The molecule has 0 aromatic carbocycles. The third-order valence-electron chi connectivity index (χ3n) is 3.87. The van der Waals surface area contributed by atoms with E-state index in [1.54, 1.807) is 12.4 Å². The minimum absolute atomic E-state index is 0. The van der Waals surface area contributed by atoms with Crippen LogP contribution in [-0.4, -0.2) is 34.5 Å². The quantitative estimate of drug-likeness (QED) is 0.323. The molecule has 160 valence electrons. The Morgan fingerprint density at radius 2 is 1.07 bits per heavy atom. The second-order valence-corrected chi connectivity index (χ2v) is 5.48. The van der Waals surface area contributed by atoms with E-state index in [4.69, 9.17) is 9.98 Å². The summed E-state index contributed by atoms with van der Waals surface area (Å²) in [5.74, 6) is 0. The maximum Gasteiger partial charge on any atom is 2.00 e. The fraction of sp³-hybridized carbons (Fsp3) is 0.273. The Kier molecular flexibility index (Phi) is 23.8. The molecule has 28 heavy (non-hydrogen) atoms. The van der Waals surface area contributed by atoms with Crippen LogP contribution in [0.2, 0.25) is 0 Å². The van der Waals surface area contributed by atoms with Gasteiger partial charge in [-0.2, -0.15) is 0 Å². The van der Waals surface area contributed by atoms with Gasteiger partial charge in [0.2, 0.25) is 0 Å². The van der Waals surface area contributed by atoms with Crippen LogP contribution < -0.4 is 0 Å². The summed E-state index contributed by atoms with van der Waals surface area (Å²) in [5.41, 5.74) is 1.81. The van der Waals surface area contributed by atoms with Gasteiger partial charge in [0, 0.05) is 24.8 Å². The van der Waals surface area contributed by atoms with Crippen molar-refractivity contribution in [2.45, 2.75) is 37.8 Å². The van der Waals surface area contributed by atoms with Crippen LogP contribution in [0.3, 0.4) is 0 Å². The summed E-state index contributed by atoms with van der Waals surface area (Å²) >= 11 is 0. The Morgan fingerprint density at radius 1 is 0.679 bits per heavy atom. The fourth-order valence-electron chi connectivity index (χ4n) is 2.69. The minimum atomic E-state index is 0. The normalized spacial score (nSPS) is 17.6. The zero-order valence-corrected chi connectivity index (χ0v) is 21.7. The van der Waals surface area contributed by atoms with Crippen molar-refractivity contribution in [1.29, 1.82) is 0 Å². The summed E-state index contributed by atoms with van der Waals surface area (Å²) in [5, 5.41) is 0. The molecular weight excluding hydrogens is 710 g/mol. The van der Waals surface area contributed by atoms with E-state index >= 15 is 0 Å². The predicted molar refractivity (Wildman–Crippen MR) is 115 cm³/mol. The van der Waals surface area contributed by atoms with Gasteiger partial charge in [0.05, 0.1) is 23.5 Å². The molecule has 0 spiro atoms. The Morgan fingerprint density at radius 3 is 1.39 bits per heavy atom. The van der Waals surface area contributed by atoms with E-state index in [-0.39, 0.29) is 83.9 Å². The predicted octanol–water partition coefficient (Wildman–Crippen LogP) is 5.12. The van der Waals surface area contributed by atoms with Crippen molar-refractivity contribution < 1.29 is 42.1 Å². The van der Waals surface area contributed by atoms with Crippen molar-refractivity contribution in [1.82, 2.24) is 9.97 Å². The third kappa shape index (κ3) is 11.1. The largest absolute Gasteiger partial charge is 2.00 e. The molecule has 2 heterocycles. The Bertz CT molecular complexity index is 576. The molecule has 0 aliphatic heterocycles. The Labute approximate surface area is 201 Å². The van der Waals surface area contributed by atoms with Crippen LogP contribution in [0.5, 0.6) is 0 Å². The van der Waals surface area contributed by atoms with E-state index in [2.05, 4.69) is 9.97 Å². The van der Waals surface area contributed by atoms with Crippen LogP contribution in [0.25, 0.3) is 0 Å². The van der Waals surface area contributed by atoms with Gasteiger partial charge >= 0.3 is 42.1 Å². The summed E-state index contributed by atoms with van der Waals surface area (Å²) in [7, 11) is 0. The Balaban J connectivity index is -0.000000480. The molecule has 4 nitrogen and oxygen atoms in total. The second-order valence-electron chi connectivity index (χ2n) is 5.48. The van der Waals surface area contributed by atoms with Gasteiger partial charge in [0.15, 0.2) is 0 Å². The van der Waals surface area contributed by atoms with Crippen molar-refractivity contribution in [2.75, 3.05) is 0 Å². The van der Waals surface area contributed by atoms with Gasteiger partial charge < -0.3 is 29.7 Å². The van der Waals surface area contributed by atoms with Crippen LogP contribution in [0.15, 0.2) is 58.8 Å². The molecule has 2 aromatic rings. The first-order chi connectivity index (χ1) is 10.9. The van der Waals surface area contributed by atoms with E-state index in [0.717, 1.165) is 24.2 Å². The average molecular weight is 743 g/mol. The van der Waals surface area contributed by atoms with Gasteiger partial charge in [0.1, 0.15) is 0 Å². The second kappa shape index (κ2) is 19.3. The standard InChI is InChI=1S/C18H20N4.4CH3.2Pt/c1-2-10-18(22-14-16-8-4-6-12-20-16)17(9-1)21-13-15-7-3-5-11-19-15;;;;;;/h3-8,11-14,17-18H,1-2,9-10H2;4*1H3;;/q;4*-1;2*+2. The van der Waals surface area contributed by atoms with Crippen molar-refractivity contribution in [3.05, 3.63) is 89.9 Å². The average Bonchev–Trinajstić information content (AvgIpc) is 2.61. The molecule has 0 saturated heterocycles. The van der Waals surface area contributed by atoms with Crippen molar-refractivity contribution >= 4 is 12.4 Å². The maximum atomic E-state index is 4.73. The van der Waals surface area contributed by atoms with Crippen molar-refractivity contribution in [3.63, 3.8) is 0 Å². The molecule has 0 amide bonds. The van der Waals surface area contributed by atoms with E-state index < -0.39 is 0 Å². The number of nitrogens with zero attached hydrogens (tertiary/aromatic N) is 4.